The second-order valence-corrected chi connectivity index (χ2v) is 8.31. The van der Waals surface area contributed by atoms with Crippen LogP contribution in [0.1, 0.15) is 25.0 Å². The van der Waals surface area contributed by atoms with Gasteiger partial charge in [0.05, 0.1) is 6.16 Å². The maximum absolute atomic E-state index is 12.6. The molecule has 0 amide bonds. The van der Waals surface area contributed by atoms with Gasteiger partial charge < -0.3 is 10.00 Å². The van der Waals surface area contributed by atoms with E-state index in [1.807, 2.05) is 36.4 Å². The van der Waals surface area contributed by atoms with E-state index in [-0.39, 0.29) is 6.16 Å². The summed E-state index contributed by atoms with van der Waals surface area (Å²) in [5, 5.41) is 12.1. The third kappa shape index (κ3) is 4.54. The van der Waals surface area contributed by atoms with Crippen LogP contribution < -0.4 is 5.09 Å². The number of aliphatic carboxylic acids is 1. The Labute approximate surface area is 141 Å². The van der Waals surface area contributed by atoms with Crippen LogP contribution in [0, 0.1) is 0 Å². The van der Waals surface area contributed by atoms with Gasteiger partial charge in [0.1, 0.15) is 6.04 Å². The number of benzene rings is 2. The number of carboxylic acids is 1. The van der Waals surface area contributed by atoms with E-state index in [0.717, 1.165) is 5.56 Å². The van der Waals surface area contributed by atoms with Crippen molar-refractivity contribution in [3.8, 4) is 0 Å². The topological polar surface area (TPSA) is 86.6 Å². The average Bonchev–Trinajstić information content (AvgIpc) is 2.54. The van der Waals surface area contributed by atoms with Gasteiger partial charge in [-0.15, -0.1) is 0 Å². The van der Waals surface area contributed by atoms with Crippen molar-refractivity contribution in [3.05, 3.63) is 71.8 Å². The van der Waals surface area contributed by atoms with Crippen LogP contribution in [0.4, 0.5) is 0 Å². The first-order valence-electron chi connectivity index (χ1n) is 7.64. The second-order valence-electron chi connectivity index (χ2n) is 6.33. The summed E-state index contributed by atoms with van der Waals surface area (Å²) in [7, 11) is -3.87. The highest BCUT2D eigenvalue weighted by molar-refractivity contribution is 7.55. The molecule has 0 heterocycles. The SMILES string of the molecule is CC(C)(c1ccccc1)C(NP(=O)(O)Cc1ccccc1)C(=O)O. The fourth-order valence-electron chi connectivity index (χ4n) is 2.64. The standard InChI is InChI=1S/C18H22NO4P/c1-18(2,15-11-7-4-8-12-15)16(17(20)21)19-24(22,23)13-14-9-5-3-6-10-14/h3-12,16H,13H2,1-2H3,(H,20,21)(H2,19,22,23). The van der Waals surface area contributed by atoms with Crippen LogP contribution in [0.2, 0.25) is 0 Å². The highest BCUT2D eigenvalue weighted by Gasteiger charge is 2.40. The first-order valence-corrected chi connectivity index (χ1v) is 9.49. The summed E-state index contributed by atoms with van der Waals surface area (Å²) < 4.78 is 12.6. The highest BCUT2D eigenvalue weighted by Crippen LogP contribution is 2.43. The van der Waals surface area contributed by atoms with E-state index >= 15 is 0 Å². The molecule has 2 aromatic carbocycles. The van der Waals surface area contributed by atoms with Gasteiger partial charge >= 0.3 is 5.97 Å². The Morgan fingerprint density at radius 3 is 2.08 bits per heavy atom. The van der Waals surface area contributed by atoms with Crippen molar-refractivity contribution in [1.82, 2.24) is 5.09 Å². The quantitative estimate of drug-likeness (QED) is 0.668. The van der Waals surface area contributed by atoms with Gasteiger partial charge in [-0.1, -0.05) is 74.5 Å². The Bertz CT molecular complexity index is 731. The smallest absolute Gasteiger partial charge is 0.322 e. The van der Waals surface area contributed by atoms with Crippen molar-refractivity contribution in [2.75, 3.05) is 0 Å². The number of carbonyl (C=O) groups is 1. The highest BCUT2D eigenvalue weighted by atomic mass is 31.2. The predicted octanol–water partition coefficient (Wildman–Crippen LogP) is 3.39. The van der Waals surface area contributed by atoms with Crippen LogP contribution in [-0.2, 0) is 20.9 Å². The largest absolute Gasteiger partial charge is 0.480 e. The Kier molecular flexibility index (Phi) is 5.60. The summed E-state index contributed by atoms with van der Waals surface area (Å²) in [4.78, 5) is 22.0. The molecule has 0 radical (unpaired) electrons. The molecular weight excluding hydrogens is 325 g/mol. The molecule has 0 aliphatic carbocycles. The van der Waals surface area contributed by atoms with Crippen molar-refractivity contribution in [2.24, 2.45) is 0 Å². The van der Waals surface area contributed by atoms with E-state index in [4.69, 9.17) is 0 Å². The molecular formula is C18H22NO4P. The van der Waals surface area contributed by atoms with Gasteiger partial charge in [-0.2, -0.15) is 0 Å². The molecule has 2 atom stereocenters. The summed E-state index contributed by atoms with van der Waals surface area (Å²) in [5.41, 5.74) is 0.601. The van der Waals surface area contributed by atoms with E-state index in [1.165, 1.54) is 0 Å². The van der Waals surface area contributed by atoms with Gasteiger partial charge in [-0.3, -0.25) is 9.36 Å². The molecule has 128 valence electrons. The zero-order valence-electron chi connectivity index (χ0n) is 13.7. The Balaban J connectivity index is 2.25. The van der Waals surface area contributed by atoms with Crippen molar-refractivity contribution < 1.29 is 19.4 Å². The summed E-state index contributed by atoms with van der Waals surface area (Å²) in [6.07, 6.45) is -0.123. The molecule has 2 rings (SSSR count). The lowest BCUT2D eigenvalue weighted by molar-refractivity contribution is -0.140. The molecule has 0 saturated heterocycles. The van der Waals surface area contributed by atoms with Gasteiger partial charge in [-0.05, 0) is 11.1 Å². The second kappa shape index (κ2) is 7.31. The molecule has 6 heteroatoms. The Morgan fingerprint density at radius 1 is 1.08 bits per heavy atom. The molecule has 0 aliphatic rings. The molecule has 0 aromatic heterocycles. The maximum Gasteiger partial charge on any atom is 0.322 e. The zero-order valence-corrected chi connectivity index (χ0v) is 14.6. The Morgan fingerprint density at radius 2 is 1.58 bits per heavy atom. The molecule has 3 N–H and O–H groups in total. The third-order valence-electron chi connectivity index (χ3n) is 4.06. The first kappa shape index (κ1) is 18.4. The lowest BCUT2D eigenvalue weighted by Gasteiger charge is -2.34. The predicted molar refractivity (Wildman–Crippen MR) is 94.0 cm³/mol. The minimum absolute atomic E-state index is 0.123. The van der Waals surface area contributed by atoms with E-state index in [9.17, 15) is 19.4 Å². The monoisotopic (exact) mass is 347 g/mol. The van der Waals surface area contributed by atoms with Crippen molar-refractivity contribution in [1.29, 1.82) is 0 Å². The van der Waals surface area contributed by atoms with Crippen molar-refractivity contribution in [2.45, 2.75) is 31.5 Å². The molecule has 2 aromatic rings. The minimum atomic E-state index is -3.87. The maximum atomic E-state index is 12.6. The van der Waals surface area contributed by atoms with Crippen LogP contribution in [0.5, 0.6) is 0 Å². The molecule has 0 aliphatic heterocycles. The van der Waals surface area contributed by atoms with Gasteiger partial charge in [-0.25, -0.2) is 5.09 Å². The number of carboxylic acid groups (broad SMARTS) is 1. The van der Waals surface area contributed by atoms with E-state index < -0.39 is 24.9 Å². The molecule has 0 bridgehead atoms. The van der Waals surface area contributed by atoms with Crippen molar-refractivity contribution >= 4 is 13.5 Å². The average molecular weight is 347 g/mol. The number of hydrogen-bond acceptors (Lipinski definition) is 2. The minimum Gasteiger partial charge on any atom is -0.480 e. The molecule has 2 unspecified atom stereocenters. The van der Waals surface area contributed by atoms with Crippen LogP contribution >= 0.6 is 7.52 Å². The molecule has 0 spiro atoms. The molecule has 5 nitrogen and oxygen atoms in total. The normalized spacial score (nSPS) is 15.5. The van der Waals surface area contributed by atoms with Gasteiger partial charge in [0, 0.05) is 5.41 Å². The van der Waals surface area contributed by atoms with Crippen LogP contribution in [0.15, 0.2) is 60.7 Å². The first-order chi connectivity index (χ1) is 11.2. The number of rotatable bonds is 7. The Hall–Kier alpha value is -1.94. The van der Waals surface area contributed by atoms with E-state index in [0.29, 0.717) is 5.56 Å². The molecule has 24 heavy (non-hydrogen) atoms. The van der Waals surface area contributed by atoms with E-state index in [2.05, 4.69) is 5.09 Å². The number of nitrogens with one attached hydrogen (secondary N) is 1. The van der Waals surface area contributed by atoms with Gasteiger partial charge in [0.25, 0.3) is 7.52 Å². The summed E-state index contributed by atoms with van der Waals surface area (Å²) in [5.74, 6) is -1.16. The number of hydrogen-bond donors (Lipinski definition) is 3. The van der Waals surface area contributed by atoms with Crippen LogP contribution in [-0.4, -0.2) is 22.0 Å². The summed E-state index contributed by atoms with van der Waals surface area (Å²) >= 11 is 0. The van der Waals surface area contributed by atoms with Crippen molar-refractivity contribution in [3.63, 3.8) is 0 Å². The van der Waals surface area contributed by atoms with E-state index in [1.54, 1.807) is 38.1 Å². The zero-order chi connectivity index (χ0) is 17.8. The molecule has 0 saturated carbocycles. The fourth-order valence-corrected chi connectivity index (χ4v) is 4.27. The van der Waals surface area contributed by atoms with Gasteiger partial charge in [0.2, 0.25) is 0 Å². The van der Waals surface area contributed by atoms with Gasteiger partial charge in [0.15, 0.2) is 0 Å². The third-order valence-corrected chi connectivity index (χ3v) is 5.51. The lowest BCUT2D eigenvalue weighted by Crippen LogP contribution is -2.49. The molecule has 0 fully saturated rings. The van der Waals surface area contributed by atoms with Crippen LogP contribution in [0.25, 0.3) is 0 Å². The lowest BCUT2D eigenvalue weighted by atomic mass is 9.78. The summed E-state index contributed by atoms with van der Waals surface area (Å²) in [6, 6.07) is 16.8. The fraction of sp³-hybridized carbons (Fsp3) is 0.278. The summed E-state index contributed by atoms with van der Waals surface area (Å²) in [6.45, 7) is 3.49. The van der Waals surface area contributed by atoms with Crippen LogP contribution in [0.3, 0.4) is 0 Å².